The van der Waals surface area contributed by atoms with E-state index in [4.69, 9.17) is 9.47 Å². The van der Waals surface area contributed by atoms with Crippen molar-refractivity contribution in [1.82, 2.24) is 4.90 Å². The second-order valence-electron chi connectivity index (χ2n) is 7.66. The number of hydrogen-bond donors (Lipinski definition) is 2. The topological polar surface area (TPSA) is 105 Å². The molecule has 0 spiro atoms. The van der Waals surface area contributed by atoms with Gasteiger partial charge in [0.1, 0.15) is 40.4 Å². The smallest absolute Gasteiger partial charge is 0.265 e. The lowest BCUT2D eigenvalue weighted by Crippen LogP contribution is -2.31. The van der Waals surface area contributed by atoms with Crippen LogP contribution < -0.4 is 14.2 Å². The molecular weight excluding hydrogens is 550 g/mol. The summed E-state index contributed by atoms with van der Waals surface area (Å²) in [6.45, 7) is 0.111. The van der Waals surface area contributed by atoms with Gasteiger partial charge in [0.2, 0.25) is 0 Å². The summed E-state index contributed by atoms with van der Waals surface area (Å²) >= 11 is 3.05. The molecule has 1 aliphatic rings. The summed E-state index contributed by atoms with van der Waals surface area (Å²) in [5.41, 5.74) is -0.596. The molecule has 0 unspecified atom stereocenters. The summed E-state index contributed by atoms with van der Waals surface area (Å²) in [4.78, 5) is 13.6. The summed E-state index contributed by atoms with van der Waals surface area (Å²) in [6, 6.07) is 8.34. The van der Waals surface area contributed by atoms with Crippen molar-refractivity contribution in [2.75, 3.05) is 32.0 Å². The Labute approximate surface area is 208 Å². The zero-order valence-electron chi connectivity index (χ0n) is 18.4. The molecule has 1 aliphatic heterocycles. The van der Waals surface area contributed by atoms with E-state index in [0.29, 0.717) is 11.8 Å². The predicted octanol–water partition coefficient (Wildman–Crippen LogP) is 4.37. The first-order valence-electron chi connectivity index (χ1n) is 10.1. The molecule has 0 aromatic heterocycles. The number of phenolic OH excluding ortho intramolecular Hbond substituents is 1. The maximum atomic E-state index is 14.9. The van der Waals surface area contributed by atoms with Gasteiger partial charge in [-0.1, -0.05) is 0 Å². The Morgan fingerprint density at radius 1 is 1.11 bits per heavy atom. The average molecular weight is 569 g/mol. The molecule has 1 amide bonds. The molecule has 2 N–H and O–H groups in total. The van der Waals surface area contributed by atoms with Crippen LogP contribution in [0.3, 0.4) is 0 Å². The van der Waals surface area contributed by atoms with Crippen molar-refractivity contribution < 1.29 is 36.6 Å². The molecule has 12 heteroatoms. The van der Waals surface area contributed by atoms with Crippen LogP contribution in [0.4, 0.5) is 14.5 Å². The lowest BCUT2D eigenvalue weighted by Gasteiger charge is -2.19. The maximum Gasteiger partial charge on any atom is 0.265 e. The fourth-order valence-corrected chi connectivity index (χ4v) is 5.32. The molecule has 0 atom stereocenters. The van der Waals surface area contributed by atoms with Gasteiger partial charge in [-0.15, -0.1) is 0 Å². The minimum atomic E-state index is -4.62. The van der Waals surface area contributed by atoms with E-state index in [9.17, 15) is 27.1 Å². The quantitative estimate of drug-likeness (QED) is 0.451. The Morgan fingerprint density at radius 3 is 2.57 bits per heavy atom. The highest BCUT2D eigenvalue weighted by molar-refractivity contribution is 9.10. The van der Waals surface area contributed by atoms with Crippen molar-refractivity contribution in [3.63, 3.8) is 0 Å². The van der Waals surface area contributed by atoms with Gasteiger partial charge in [-0.3, -0.25) is 9.52 Å². The average Bonchev–Trinajstić information content (AvgIpc) is 2.81. The summed E-state index contributed by atoms with van der Waals surface area (Å²) < 4.78 is 68.8. The molecule has 0 saturated carbocycles. The number of halogens is 3. The number of fused-ring (bicyclic) bond motifs is 6. The lowest BCUT2D eigenvalue weighted by molar-refractivity contribution is 0.0773. The van der Waals surface area contributed by atoms with Crippen LogP contribution in [0.25, 0.3) is 11.1 Å². The number of likely N-dealkylation sites (N-methyl/N-ethyl adjacent to an activating group) is 1. The Morgan fingerprint density at radius 2 is 1.86 bits per heavy atom. The number of phenols is 1. The van der Waals surface area contributed by atoms with Crippen molar-refractivity contribution in [1.29, 1.82) is 0 Å². The maximum absolute atomic E-state index is 14.9. The first-order valence-corrected chi connectivity index (χ1v) is 12.4. The third-order valence-electron chi connectivity index (χ3n) is 5.37. The number of amides is 1. The number of nitrogens with one attached hydrogen (secondary N) is 1. The Kier molecular flexibility index (Phi) is 6.60. The minimum Gasteiger partial charge on any atom is -0.505 e. The Balaban J connectivity index is 1.96. The third-order valence-corrected chi connectivity index (χ3v) is 7.36. The number of rotatable bonds is 1. The zero-order valence-corrected chi connectivity index (χ0v) is 20.8. The normalized spacial score (nSPS) is 15.2. The predicted molar refractivity (Wildman–Crippen MR) is 127 cm³/mol. The highest BCUT2D eigenvalue weighted by Crippen LogP contribution is 2.39. The number of carbonyl (C=O) groups excluding carboxylic acids is 1. The standard InChI is InChI=1S/C23H19BrF2N2O6S/c1-28-5-6-34-20-4-3-13(33-2)9-15(20)14-10-19(18(26)11-17(14)25)27-35(31,32)21-8-12(23(28)30)7-16(24)22(21)29/h3-4,7-11,27,29H,5-6H2,1-2H3. The van der Waals surface area contributed by atoms with E-state index in [1.165, 1.54) is 37.3 Å². The molecule has 0 radical (unpaired) electrons. The second kappa shape index (κ2) is 9.34. The first-order chi connectivity index (χ1) is 16.5. The fourth-order valence-electron chi connectivity index (χ4n) is 3.52. The van der Waals surface area contributed by atoms with Gasteiger partial charge in [-0.05, 0) is 52.3 Å². The van der Waals surface area contributed by atoms with Crippen LogP contribution in [0.1, 0.15) is 10.4 Å². The van der Waals surface area contributed by atoms with Gasteiger partial charge in [0.05, 0.1) is 23.8 Å². The molecule has 4 bridgehead atoms. The van der Waals surface area contributed by atoms with E-state index in [2.05, 4.69) is 15.9 Å². The lowest BCUT2D eigenvalue weighted by atomic mass is 10.0. The summed E-state index contributed by atoms with van der Waals surface area (Å²) in [7, 11) is -1.71. The van der Waals surface area contributed by atoms with Gasteiger partial charge < -0.3 is 19.5 Å². The van der Waals surface area contributed by atoms with Crippen LogP contribution in [0.5, 0.6) is 17.2 Å². The molecule has 8 nitrogen and oxygen atoms in total. The van der Waals surface area contributed by atoms with E-state index in [1.807, 2.05) is 4.72 Å². The number of anilines is 1. The van der Waals surface area contributed by atoms with Crippen molar-refractivity contribution in [2.45, 2.75) is 4.90 Å². The van der Waals surface area contributed by atoms with Crippen LogP contribution in [-0.4, -0.2) is 51.6 Å². The van der Waals surface area contributed by atoms with Crippen molar-refractivity contribution in [3.8, 4) is 28.4 Å². The number of benzene rings is 3. The molecular formula is C23H19BrF2N2O6S. The molecule has 35 heavy (non-hydrogen) atoms. The monoisotopic (exact) mass is 568 g/mol. The number of methoxy groups -OCH3 is 1. The third kappa shape index (κ3) is 4.76. The van der Waals surface area contributed by atoms with Crippen molar-refractivity contribution in [3.05, 3.63) is 64.1 Å². The highest BCUT2D eigenvalue weighted by atomic mass is 79.9. The molecule has 0 aliphatic carbocycles. The van der Waals surface area contributed by atoms with Crippen LogP contribution in [-0.2, 0) is 10.0 Å². The van der Waals surface area contributed by atoms with Gasteiger partial charge in [-0.25, -0.2) is 17.2 Å². The zero-order chi connectivity index (χ0) is 25.5. The number of carbonyl (C=O) groups is 1. The largest absolute Gasteiger partial charge is 0.505 e. The van der Waals surface area contributed by atoms with Gasteiger partial charge in [0.15, 0.2) is 0 Å². The number of sulfonamides is 1. The van der Waals surface area contributed by atoms with Crippen LogP contribution >= 0.6 is 15.9 Å². The van der Waals surface area contributed by atoms with E-state index in [1.54, 1.807) is 6.07 Å². The van der Waals surface area contributed by atoms with Crippen LogP contribution in [0.2, 0.25) is 0 Å². The fraction of sp³-hybridized carbons (Fsp3) is 0.174. The van der Waals surface area contributed by atoms with Gasteiger partial charge >= 0.3 is 0 Å². The van der Waals surface area contributed by atoms with Crippen molar-refractivity contribution >= 4 is 37.5 Å². The van der Waals surface area contributed by atoms with Gasteiger partial charge in [0.25, 0.3) is 15.9 Å². The molecule has 0 fully saturated rings. The van der Waals surface area contributed by atoms with Crippen LogP contribution in [0, 0.1) is 11.6 Å². The van der Waals surface area contributed by atoms with E-state index in [-0.39, 0.29) is 40.1 Å². The Hall–Kier alpha value is -3.38. The Bertz CT molecular complexity index is 1450. The summed E-state index contributed by atoms with van der Waals surface area (Å²) in [5.74, 6) is -2.81. The molecule has 1 heterocycles. The van der Waals surface area contributed by atoms with Crippen molar-refractivity contribution in [2.24, 2.45) is 0 Å². The molecule has 3 aromatic carbocycles. The van der Waals surface area contributed by atoms with Gasteiger partial charge in [0, 0.05) is 29.8 Å². The first kappa shape index (κ1) is 24.7. The minimum absolute atomic E-state index is 0.0138. The number of hydrogen-bond acceptors (Lipinski definition) is 6. The number of nitrogens with zero attached hydrogens (tertiary/aromatic N) is 1. The van der Waals surface area contributed by atoms with E-state index < -0.39 is 43.9 Å². The molecule has 0 saturated heterocycles. The number of ether oxygens (including phenoxy) is 2. The molecule has 184 valence electrons. The number of aromatic hydroxyl groups is 1. The van der Waals surface area contributed by atoms with E-state index >= 15 is 0 Å². The van der Waals surface area contributed by atoms with E-state index in [0.717, 1.165) is 12.1 Å². The highest BCUT2D eigenvalue weighted by Gasteiger charge is 2.27. The molecule has 3 aromatic rings. The molecule has 4 rings (SSSR count). The SMILES string of the molecule is COc1ccc2c(c1)-c1cc(c(F)cc1F)NS(=O)(=O)c1cc(cc(Br)c1O)C(=O)N(C)CCO2. The van der Waals surface area contributed by atoms with Crippen LogP contribution in [0.15, 0.2) is 51.8 Å². The summed E-state index contributed by atoms with van der Waals surface area (Å²) in [6.07, 6.45) is 0. The summed E-state index contributed by atoms with van der Waals surface area (Å²) in [5, 5.41) is 10.4. The second-order valence-corrected chi connectivity index (χ2v) is 10.2. The van der Waals surface area contributed by atoms with Gasteiger partial charge in [-0.2, -0.15) is 0 Å².